The van der Waals surface area contributed by atoms with E-state index in [1.54, 1.807) is 0 Å². The molecule has 1 nitrogen and oxygen atoms in total. The third-order valence-corrected chi connectivity index (χ3v) is 7.63. The molecule has 0 saturated heterocycles. The van der Waals surface area contributed by atoms with Gasteiger partial charge in [-0.25, -0.2) is 0 Å². The minimum absolute atomic E-state index is 0.888. The Morgan fingerprint density at radius 3 is 1.69 bits per heavy atom. The van der Waals surface area contributed by atoms with Gasteiger partial charge < -0.3 is 4.42 Å². The number of hydrogen-bond donors (Lipinski definition) is 0. The average Bonchev–Trinajstić information content (AvgIpc) is 3.38. The van der Waals surface area contributed by atoms with E-state index in [4.69, 9.17) is 4.42 Å². The highest BCUT2D eigenvalue weighted by atomic mass is 16.3. The third kappa shape index (κ3) is 3.71. The van der Waals surface area contributed by atoms with Crippen LogP contribution in [0, 0.1) is 0 Å². The van der Waals surface area contributed by atoms with Gasteiger partial charge in [-0.3, -0.25) is 0 Å². The Bertz CT molecular complexity index is 2030. The average molecular weight is 499 g/mol. The lowest BCUT2D eigenvalue weighted by atomic mass is 9.82. The van der Waals surface area contributed by atoms with E-state index in [1.807, 2.05) is 24.3 Å². The van der Waals surface area contributed by atoms with Crippen molar-refractivity contribution in [2.24, 2.45) is 0 Å². The second-order valence-electron chi connectivity index (χ2n) is 9.79. The minimum atomic E-state index is 0.888. The minimum Gasteiger partial charge on any atom is -0.456 e. The molecule has 1 heterocycles. The predicted molar refractivity (Wildman–Crippen MR) is 168 cm³/mol. The van der Waals surface area contributed by atoms with Crippen molar-refractivity contribution in [2.45, 2.75) is 0 Å². The van der Waals surface area contributed by atoms with Crippen molar-refractivity contribution in [1.29, 1.82) is 0 Å². The molecule has 7 rings (SSSR count). The van der Waals surface area contributed by atoms with Crippen LogP contribution in [0.2, 0.25) is 0 Å². The summed E-state index contributed by atoms with van der Waals surface area (Å²) in [6, 6.07) is 42.7. The molecule has 0 unspecified atom stereocenters. The maximum atomic E-state index is 6.15. The number of hydrogen-bond acceptors (Lipinski definition) is 1. The molecule has 184 valence electrons. The van der Waals surface area contributed by atoms with Crippen LogP contribution in [0.5, 0.6) is 0 Å². The maximum absolute atomic E-state index is 6.15. The molecule has 7 aromatic rings. The molecular formula is C38H26O. The fraction of sp³-hybridized carbons (Fsp3) is 0. The van der Waals surface area contributed by atoms with Crippen LogP contribution in [0.15, 0.2) is 139 Å². The molecule has 6 aromatic carbocycles. The molecule has 39 heavy (non-hydrogen) atoms. The molecule has 0 spiro atoms. The van der Waals surface area contributed by atoms with Crippen molar-refractivity contribution in [3.8, 4) is 33.4 Å². The SMILES string of the molecule is C=Cc1c(C=C)c(-c2ccc3oc4ccccc4c3c2)c2cc(-c3ccccc3)ccc2c1-c1ccccc1. The Kier molecular flexibility index (Phi) is 5.49. The molecule has 0 saturated carbocycles. The molecule has 0 bridgehead atoms. The summed E-state index contributed by atoms with van der Waals surface area (Å²) in [5.74, 6) is 0. The molecule has 1 aromatic heterocycles. The number of furan rings is 1. The summed E-state index contributed by atoms with van der Waals surface area (Å²) in [6.45, 7) is 8.54. The van der Waals surface area contributed by atoms with E-state index >= 15 is 0 Å². The summed E-state index contributed by atoms with van der Waals surface area (Å²) >= 11 is 0. The van der Waals surface area contributed by atoms with Gasteiger partial charge in [0.1, 0.15) is 11.2 Å². The van der Waals surface area contributed by atoms with E-state index < -0.39 is 0 Å². The smallest absolute Gasteiger partial charge is 0.135 e. The van der Waals surface area contributed by atoms with Gasteiger partial charge in [-0.05, 0) is 79.5 Å². The zero-order valence-corrected chi connectivity index (χ0v) is 21.5. The molecular weight excluding hydrogens is 472 g/mol. The van der Waals surface area contributed by atoms with Crippen molar-refractivity contribution in [1.82, 2.24) is 0 Å². The van der Waals surface area contributed by atoms with Crippen LogP contribution in [0.3, 0.4) is 0 Å². The van der Waals surface area contributed by atoms with Crippen LogP contribution in [0.4, 0.5) is 0 Å². The van der Waals surface area contributed by atoms with Crippen molar-refractivity contribution in [3.05, 3.63) is 146 Å². The fourth-order valence-electron chi connectivity index (χ4n) is 5.87. The van der Waals surface area contributed by atoms with E-state index in [-0.39, 0.29) is 0 Å². The normalized spacial score (nSPS) is 11.3. The summed E-state index contributed by atoms with van der Waals surface area (Å²) < 4.78 is 6.15. The standard InChI is InChI=1S/C38H26O/c1-3-29-30(4-2)38(28-20-22-36-33(24-28)31-17-11-12-18-35(31)39-36)34-23-27(25-13-7-5-8-14-25)19-21-32(34)37(29)26-15-9-6-10-16-26/h3-24H,1-2H2. The zero-order valence-electron chi connectivity index (χ0n) is 21.5. The Morgan fingerprint density at radius 1 is 0.410 bits per heavy atom. The molecule has 0 atom stereocenters. The molecule has 0 radical (unpaired) electrons. The van der Waals surface area contributed by atoms with E-state index in [9.17, 15) is 0 Å². The van der Waals surface area contributed by atoms with Crippen LogP contribution in [-0.4, -0.2) is 0 Å². The van der Waals surface area contributed by atoms with E-state index in [0.717, 1.165) is 49.8 Å². The molecule has 0 aliphatic heterocycles. The summed E-state index contributed by atoms with van der Waals surface area (Å²) in [5, 5.41) is 4.60. The Hall–Kier alpha value is -5.14. The second-order valence-corrected chi connectivity index (χ2v) is 9.79. The van der Waals surface area contributed by atoms with Gasteiger partial charge in [-0.15, -0.1) is 0 Å². The van der Waals surface area contributed by atoms with Crippen LogP contribution in [0.1, 0.15) is 11.1 Å². The summed E-state index contributed by atoms with van der Waals surface area (Å²) in [5.41, 5.74) is 10.9. The van der Waals surface area contributed by atoms with Gasteiger partial charge in [0.25, 0.3) is 0 Å². The van der Waals surface area contributed by atoms with Gasteiger partial charge in [-0.1, -0.05) is 122 Å². The van der Waals surface area contributed by atoms with E-state index in [0.29, 0.717) is 0 Å². The summed E-state index contributed by atoms with van der Waals surface area (Å²) in [4.78, 5) is 0. The van der Waals surface area contributed by atoms with Gasteiger partial charge in [0.2, 0.25) is 0 Å². The lowest BCUT2D eigenvalue weighted by Crippen LogP contribution is -1.96. The Morgan fingerprint density at radius 2 is 0.974 bits per heavy atom. The van der Waals surface area contributed by atoms with Crippen molar-refractivity contribution >= 4 is 44.9 Å². The quantitative estimate of drug-likeness (QED) is 0.230. The third-order valence-electron chi connectivity index (χ3n) is 7.63. The first kappa shape index (κ1) is 23.0. The van der Waals surface area contributed by atoms with Crippen molar-refractivity contribution in [2.75, 3.05) is 0 Å². The predicted octanol–water partition coefficient (Wildman–Crippen LogP) is 11.0. The molecule has 0 amide bonds. The number of benzene rings is 6. The summed E-state index contributed by atoms with van der Waals surface area (Å²) in [7, 11) is 0. The van der Waals surface area contributed by atoms with Crippen molar-refractivity contribution in [3.63, 3.8) is 0 Å². The molecule has 0 aliphatic carbocycles. The molecule has 0 aliphatic rings. The highest BCUT2D eigenvalue weighted by Gasteiger charge is 2.20. The van der Waals surface area contributed by atoms with Crippen LogP contribution in [0.25, 0.3) is 78.2 Å². The number of fused-ring (bicyclic) bond motifs is 4. The van der Waals surface area contributed by atoms with E-state index in [2.05, 4.69) is 122 Å². The molecule has 0 N–H and O–H groups in total. The number of rotatable bonds is 5. The Balaban J connectivity index is 1.62. The fourth-order valence-corrected chi connectivity index (χ4v) is 5.87. The monoisotopic (exact) mass is 498 g/mol. The van der Waals surface area contributed by atoms with Gasteiger partial charge in [0.15, 0.2) is 0 Å². The van der Waals surface area contributed by atoms with E-state index in [1.165, 1.54) is 27.5 Å². The topological polar surface area (TPSA) is 13.1 Å². The highest BCUT2D eigenvalue weighted by Crippen LogP contribution is 2.45. The van der Waals surface area contributed by atoms with Gasteiger partial charge in [-0.2, -0.15) is 0 Å². The van der Waals surface area contributed by atoms with Crippen LogP contribution in [-0.2, 0) is 0 Å². The largest absolute Gasteiger partial charge is 0.456 e. The van der Waals surface area contributed by atoms with Gasteiger partial charge in [0.05, 0.1) is 0 Å². The lowest BCUT2D eigenvalue weighted by Gasteiger charge is -2.21. The maximum Gasteiger partial charge on any atom is 0.135 e. The molecule has 0 fully saturated rings. The lowest BCUT2D eigenvalue weighted by molar-refractivity contribution is 0.669. The number of para-hydroxylation sites is 1. The van der Waals surface area contributed by atoms with Gasteiger partial charge in [0, 0.05) is 10.8 Å². The van der Waals surface area contributed by atoms with Crippen LogP contribution >= 0.6 is 0 Å². The van der Waals surface area contributed by atoms with Crippen LogP contribution < -0.4 is 0 Å². The van der Waals surface area contributed by atoms with Crippen molar-refractivity contribution < 1.29 is 4.42 Å². The first-order valence-corrected chi connectivity index (χ1v) is 13.2. The van der Waals surface area contributed by atoms with Gasteiger partial charge >= 0.3 is 0 Å². The first-order chi connectivity index (χ1) is 19.3. The molecule has 1 heteroatoms. The first-order valence-electron chi connectivity index (χ1n) is 13.2. The summed E-state index contributed by atoms with van der Waals surface area (Å²) in [6.07, 6.45) is 3.95. The Labute approximate surface area is 228 Å². The highest BCUT2D eigenvalue weighted by molar-refractivity contribution is 6.14. The second kappa shape index (κ2) is 9.31. The zero-order chi connectivity index (χ0) is 26.3.